The predicted molar refractivity (Wildman–Crippen MR) is 121 cm³/mol. The van der Waals surface area contributed by atoms with Crippen molar-refractivity contribution >= 4 is 28.9 Å². The maximum absolute atomic E-state index is 12.7. The Morgan fingerprint density at radius 2 is 1.81 bits per heavy atom. The third-order valence-corrected chi connectivity index (χ3v) is 5.18. The Balaban J connectivity index is 1.57. The lowest BCUT2D eigenvalue weighted by Crippen LogP contribution is -3.15. The molecule has 1 aliphatic rings. The van der Waals surface area contributed by atoms with Crippen molar-refractivity contribution in [1.29, 1.82) is 0 Å². The lowest BCUT2D eigenvalue weighted by Gasteiger charge is -2.34. The van der Waals surface area contributed by atoms with E-state index in [1.54, 1.807) is 25.3 Å². The summed E-state index contributed by atoms with van der Waals surface area (Å²) in [7, 11) is 1.55. The average molecular weight is 428 g/mol. The number of carbonyl (C=O) groups is 2. The van der Waals surface area contributed by atoms with Crippen LogP contribution < -0.4 is 29.9 Å². The van der Waals surface area contributed by atoms with E-state index in [9.17, 15) is 9.59 Å². The van der Waals surface area contributed by atoms with Crippen LogP contribution >= 0.6 is 0 Å². The topological polar surface area (TPSA) is 84.3 Å². The monoisotopic (exact) mass is 427 g/mol. The van der Waals surface area contributed by atoms with Crippen LogP contribution in [0.15, 0.2) is 42.5 Å². The third kappa shape index (κ3) is 6.11. The van der Waals surface area contributed by atoms with Crippen LogP contribution in [0.2, 0.25) is 0 Å². The Kier molecular flexibility index (Phi) is 7.72. The molecule has 8 heteroatoms. The highest BCUT2D eigenvalue weighted by molar-refractivity contribution is 5.95. The number of para-hydroxylation sites is 2. The number of methoxy groups -OCH3 is 1. The molecule has 0 unspecified atom stereocenters. The molecule has 0 spiro atoms. The first-order valence-corrected chi connectivity index (χ1v) is 10.6. The fourth-order valence-corrected chi connectivity index (χ4v) is 3.74. The van der Waals surface area contributed by atoms with E-state index in [0.29, 0.717) is 30.3 Å². The van der Waals surface area contributed by atoms with Gasteiger partial charge in [-0.15, -0.1) is 0 Å². The standard InChI is InChI=1S/C23H30N4O4/c1-4-31-22-8-6-5-7-20(22)27-13-11-26(12-14-27)16-23(29)25-19-15-18(24-17(2)28)9-10-21(19)30-3/h5-10,15H,4,11-14,16H2,1-3H3,(H,24,28)(H,25,29)/p+1. The van der Waals surface area contributed by atoms with Gasteiger partial charge in [0, 0.05) is 12.6 Å². The van der Waals surface area contributed by atoms with Gasteiger partial charge in [0.2, 0.25) is 5.91 Å². The van der Waals surface area contributed by atoms with Crippen molar-refractivity contribution < 1.29 is 24.0 Å². The van der Waals surface area contributed by atoms with Crippen LogP contribution in [0.5, 0.6) is 11.5 Å². The van der Waals surface area contributed by atoms with Gasteiger partial charge in [0.05, 0.1) is 51.3 Å². The number of amides is 2. The van der Waals surface area contributed by atoms with Crippen molar-refractivity contribution in [2.75, 3.05) is 62.0 Å². The molecule has 1 aliphatic heterocycles. The number of hydrogen-bond donors (Lipinski definition) is 3. The van der Waals surface area contributed by atoms with Gasteiger partial charge in [-0.2, -0.15) is 0 Å². The molecular formula is C23H31N4O4+. The van der Waals surface area contributed by atoms with E-state index >= 15 is 0 Å². The summed E-state index contributed by atoms with van der Waals surface area (Å²) in [5, 5.41) is 5.64. The molecule has 1 fully saturated rings. The molecule has 0 radical (unpaired) electrons. The second-order valence-corrected chi connectivity index (χ2v) is 7.46. The summed E-state index contributed by atoms with van der Waals surface area (Å²) in [6.07, 6.45) is 0. The zero-order chi connectivity index (χ0) is 22.2. The number of benzene rings is 2. The number of rotatable bonds is 8. The van der Waals surface area contributed by atoms with Gasteiger partial charge in [-0.1, -0.05) is 12.1 Å². The summed E-state index contributed by atoms with van der Waals surface area (Å²) in [5.41, 5.74) is 2.26. The Bertz CT molecular complexity index is 910. The molecule has 1 heterocycles. The second-order valence-electron chi connectivity index (χ2n) is 7.46. The van der Waals surface area contributed by atoms with Crippen LogP contribution in [0.1, 0.15) is 13.8 Å². The van der Waals surface area contributed by atoms with E-state index in [0.717, 1.165) is 37.6 Å². The summed E-state index contributed by atoms with van der Waals surface area (Å²) >= 11 is 0. The zero-order valence-corrected chi connectivity index (χ0v) is 18.4. The van der Waals surface area contributed by atoms with E-state index in [1.165, 1.54) is 11.8 Å². The first kappa shape index (κ1) is 22.4. The van der Waals surface area contributed by atoms with Crippen LogP contribution in [0.4, 0.5) is 17.1 Å². The number of anilines is 3. The minimum atomic E-state index is -0.171. The molecular weight excluding hydrogens is 396 g/mol. The first-order valence-electron chi connectivity index (χ1n) is 10.6. The van der Waals surface area contributed by atoms with E-state index in [1.807, 2.05) is 25.1 Å². The summed E-state index contributed by atoms with van der Waals surface area (Å²) in [5.74, 6) is 1.19. The van der Waals surface area contributed by atoms with Gasteiger partial charge in [-0.25, -0.2) is 0 Å². The molecule has 0 bridgehead atoms. The quantitative estimate of drug-likeness (QED) is 0.593. The van der Waals surface area contributed by atoms with E-state index in [4.69, 9.17) is 9.47 Å². The van der Waals surface area contributed by atoms with Gasteiger partial charge in [-0.05, 0) is 37.3 Å². The number of quaternary nitrogens is 1. The van der Waals surface area contributed by atoms with Crippen molar-refractivity contribution in [2.45, 2.75) is 13.8 Å². The second kappa shape index (κ2) is 10.7. The van der Waals surface area contributed by atoms with E-state index in [2.05, 4.69) is 21.6 Å². The summed E-state index contributed by atoms with van der Waals surface area (Å²) in [6, 6.07) is 13.2. The molecule has 2 amide bonds. The number of hydrogen-bond acceptors (Lipinski definition) is 5. The average Bonchev–Trinajstić information content (AvgIpc) is 2.75. The number of ether oxygens (including phenoxy) is 2. The highest BCUT2D eigenvalue weighted by atomic mass is 16.5. The van der Waals surface area contributed by atoms with Crippen LogP contribution in [0.25, 0.3) is 0 Å². The molecule has 0 saturated carbocycles. The van der Waals surface area contributed by atoms with Crippen LogP contribution in [0.3, 0.4) is 0 Å². The molecule has 31 heavy (non-hydrogen) atoms. The van der Waals surface area contributed by atoms with Crippen molar-refractivity contribution in [3.05, 3.63) is 42.5 Å². The van der Waals surface area contributed by atoms with Crippen LogP contribution in [-0.4, -0.2) is 58.3 Å². The number of nitrogens with one attached hydrogen (secondary N) is 3. The van der Waals surface area contributed by atoms with Gasteiger partial charge in [-0.3, -0.25) is 9.59 Å². The third-order valence-electron chi connectivity index (χ3n) is 5.18. The largest absolute Gasteiger partial charge is 0.495 e. The molecule has 3 N–H and O–H groups in total. The molecule has 0 atom stereocenters. The fraction of sp³-hybridized carbons (Fsp3) is 0.391. The molecule has 3 rings (SSSR count). The highest BCUT2D eigenvalue weighted by Gasteiger charge is 2.24. The maximum Gasteiger partial charge on any atom is 0.279 e. The zero-order valence-electron chi connectivity index (χ0n) is 18.4. The highest BCUT2D eigenvalue weighted by Crippen LogP contribution is 2.28. The van der Waals surface area contributed by atoms with E-state index < -0.39 is 0 Å². The van der Waals surface area contributed by atoms with Crippen LogP contribution in [-0.2, 0) is 9.59 Å². The van der Waals surface area contributed by atoms with Crippen molar-refractivity contribution in [3.63, 3.8) is 0 Å². The Morgan fingerprint density at radius 3 is 2.48 bits per heavy atom. The molecule has 2 aromatic carbocycles. The van der Waals surface area contributed by atoms with Crippen LogP contribution in [0, 0.1) is 0 Å². The van der Waals surface area contributed by atoms with Gasteiger partial charge in [0.15, 0.2) is 6.54 Å². The van der Waals surface area contributed by atoms with Gasteiger partial charge >= 0.3 is 0 Å². The lowest BCUT2D eigenvalue weighted by atomic mass is 10.2. The SMILES string of the molecule is CCOc1ccccc1N1CC[NH+](CC(=O)Nc2cc(NC(C)=O)ccc2OC)CC1. The summed E-state index contributed by atoms with van der Waals surface area (Å²) in [4.78, 5) is 27.5. The minimum absolute atomic E-state index is 0.0866. The normalized spacial score (nSPS) is 14.1. The number of piperazine rings is 1. The molecule has 1 saturated heterocycles. The van der Waals surface area contributed by atoms with Gasteiger partial charge in [0.1, 0.15) is 11.5 Å². The number of carbonyl (C=O) groups excluding carboxylic acids is 2. The minimum Gasteiger partial charge on any atom is -0.495 e. The summed E-state index contributed by atoms with van der Waals surface area (Å²) < 4.78 is 11.1. The lowest BCUT2D eigenvalue weighted by molar-refractivity contribution is -0.892. The van der Waals surface area contributed by atoms with Crippen molar-refractivity contribution in [3.8, 4) is 11.5 Å². The molecule has 8 nitrogen and oxygen atoms in total. The molecule has 0 aliphatic carbocycles. The summed E-state index contributed by atoms with van der Waals surface area (Å²) in [6.45, 7) is 7.86. The van der Waals surface area contributed by atoms with E-state index in [-0.39, 0.29) is 11.8 Å². The molecule has 2 aromatic rings. The first-order chi connectivity index (χ1) is 15.0. The Morgan fingerprint density at radius 1 is 1.06 bits per heavy atom. The smallest absolute Gasteiger partial charge is 0.279 e. The molecule has 0 aromatic heterocycles. The molecule has 166 valence electrons. The van der Waals surface area contributed by atoms with Gasteiger partial charge < -0.3 is 29.9 Å². The van der Waals surface area contributed by atoms with Crippen molar-refractivity contribution in [1.82, 2.24) is 0 Å². The fourth-order valence-electron chi connectivity index (χ4n) is 3.74. The Labute approximate surface area is 183 Å². The maximum atomic E-state index is 12.7. The van der Waals surface area contributed by atoms with Gasteiger partial charge in [0.25, 0.3) is 5.91 Å². The predicted octanol–water partition coefficient (Wildman–Crippen LogP) is 1.40. The Hall–Kier alpha value is -3.26. The number of nitrogens with zero attached hydrogens (tertiary/aromatic N) is 1. The van der Waals surface area contributed by atoms with Crippen molar-refractivity contribution in [2.24, 2.45) is 0 Å².